The van der Waals surface area contributed by atoms with E-state index in [2.05, 4.69) is 4.99 Å². The normalized spacial score (nSPS) is 10.9. The lowest BCUT2D eigenvalue weighted by Crippen LogP contribution is -1.88. The van der Waals surface area contributed by atoms with Gasteiger partial charge in [0.1, 0.15) is 0 Å². The predicted molar refractivity (Wildman–Crippen MR) is 69.4 cm³/mol. The summed E-state index contributed by atoms with van der Waals surface area (Å²) in [5.74, 6) is 0. The number of benzene rings is 1. The molecule has 0 fully saturated rings. The summed E-state index contributed by atoms with van der Waals surface area (Å²) in [4.78, 5) is 15.5. The zero-order chi connectivity index (χ0) is 12.3. The molecule has 0 atom stereocenters. The molecule has 2 aromatic rings. The van der Waals surface area contributed by atoms with E-state index >= 15 is 0 Å². The number of aryl methyl sites for hydroxylation is 1. The third-order valence-corrected chi connectivity index (χ3v) is 3.08. The Hall–Kier alpha value is -2.01. The first-order chi connectivity index (χ1) is 8.16. The number of thiophene rings is 1. The highest BCUT2D eigenvalue weighted by atomic mass is 32.1. The smallest absolute Gasteiger partial charge is 0.258 e. The minimum Gasteiger partial charge on any atom is -0.258 e. The summed E-state index contributed by atoms with van der Waals surface area (Å²) < 4.78 is 0. The molecule has 0 bridgehead atoms. The first-order valence-electron chi connectivity index (χ1n) is 4.99. The van der Waals surface area contributed by atoms with E-state index in [0.29, 0.717) is 5.69 Å². The molecular formula is C12H10N2O2S. The molecule has 0 aliphatic carbocycles. The van der Waals surface area contributed by atoms with Crippen molar-refractivity contribution in [3.8, 4) is 0 Å². The van der Waals surface area contributed by atoms with Gasteiger partial charge in [-0.1, -0.05) is 12.1 Å². The maximum atomic E-state index is 10.7. The monoisotopic (exact) mass is 246 g/mol. The molecule has 0 unspecified atom stereocenters. The SMILES string of the molecule is Cc1ccc([N+](=O)[O-])cc1N=Cc1cccs1. The van der Waals surface area contributed by atoms with Crippen LogP contribution >= 0.6 is 11.3 Å². The highest BCUT2D eigenvalue weighted by Gasteiger charge is 2.07. The molecule has 0 radical (unpaired) electrons. The molecule has 0 saturated heterocycles. The van der Waals surface area contributed by atoms with Gasteiger partial charge in [-0.25, -0.2) is 0 Å². The lowest BCUT2D eigenvalue weighted by molar-refractivity contribution is -0.384. The van der Waals surface area contributed by atoms with Gasteiger partial charge in [0.05, 0.1) is 10.6 Å². The van der Waals surface area contributed by atoms with Gasteiger partial charge in [-0.15, -0.1) is 11.3 Å². The van der Waals surface area contributed by atoms with Crippen LogP contribution in [0.3, 0.4) is 0 Å². The summed E-state index contributed by atoms with van der Waals surface area (Å²) in [6.07, 6.45) is 1.72. The van der Waals surface area contributed by atoms with E-state index in [4.69, 9.17) is 0 Å². The van der Waals surface area contributed by atoms with Crippen LogP contribution in [0.25, 0.3) is 0 Å². The molecule has 0 aliphatic rings. The molecule has 0 saturated carbocycles. The Balaban J connectivity index is 2.31. The van der Waals surface area contributed by atoms with Crippen LogP contribution in [0.1, 0.15) is 10.4 Å². The molecule has 1 heterocycles. The maximum Gasteiger partial charge on any atom is 0.271 e. The molecule has 0 spiro atoms. The molecule has 2 rings (SSSR count). The highest BCUT2D eigenvalue weighted by molar-refractivity contribution is 7.11. The summed E-state index contributed by atoms with van der Waals surface area (Å²) in [6.45, 7) is 1.88. The molecule has 5 heteroatoms. The van der Waals surface area contributed by atoms with Crippen LogP contribution in [0, 0.1) is 17.0 Å². The van der Waals surface area contributed by atoms with Gasteiger partial charge in [0.15, 0.2) is 0 Å². The summed E-state index contributed by atoms with van der Waals surface area (Å²) in [5, 5.41) is 12.6. The minimum atomic E-state index is -0.413. The van der Waals surface area contributed by atoms with Crippen molar-refractivity contribution in [1.82, 2.24) is 0 Å². The fourth-order valence-corrected chi connectivity index (χ4v) is 1.93. The molecular weight excluding hydrogens is 236 g/mol. The molecule has 86 valence electrons. The van der Waals surface area contributed by atoms with Crippen molar-refractivity contribution in [2.75, 3.05) is 0 Å². The third-order valence-electron chi connectivity index (χ3n) is 2.28. The first kappa shape index (κ1) is 11.5. The van der Waals surface area contributed by atoms with Gasteiger partial charge in [-0.3, -0.25) is 15.1 Å². The van der Waals surface area contributed by atoms with Crippen molar-refractivity contribution in [2.45, 2.75) is 6.92 Å². The summed E-state index contributed by atoms with van der Waals surface area (Å²) in [6, 6.07) is 8.56. The van der Waals surface area contributed by atoms with E-state index in [9.17, 15) is 10.1 Å². The second kappa shape index (κ2) is 4.88. The number of nitro groups is 1. The zero-order valence-corrected chi connectivity index (χ0v) is 9.98. The van der Waals surface area contributed by atoms with E-state index < -0.39 is 4.92 Å². The van der Waals surface area contributed by atoms with Crippen LogP contribution in [-0.4, -0.2) is 11.1 Å². The fourth-order valence-electron chi connectivity index (χ4n) is 1.35. The second-order valence-electron chi connectivity index (χ2n) is 3.50. The van der Waals surface area contributed by atoms with Crippen molar-refractivity contribution in [2.24, 2.45) is 4.99 Å². The van der Waals surface area contributed by atoms with Gasteiger partial charge in [0.25, 0.3) is 5.69 Å². The Morgan fingerprint density at radius 1 is 1.41 bits per heavy atom. The molecule has 1 aromatic heterocycles. The van der Waals surface area contributed by atoms with Crippen LogP contribution in [0.5, 0.6) is 0 Å². The molecule has 17 heavy (non-hydrogen) atoms. The average molecular weight is 246 g/mol. The minimum absolute atomic E-state index is 0.0638. The van der Waals surface area contributed by atoms with E-state index in [0.717, 1.165) is 10.4 Å². The number of hydrogen-bond acceptors (Lipinski definition) is 4. The first-order valence-corrected chi connectivity index (χ1v) is 5.87. The number of non-ortho nitro benzene ring substituents is 1. The predicted octanol–water partition coefficient (Wildman–Crippen LogP) is 3.72. The van der Waals surface area contributed by atoms with Gasteiger partial charge < -0.3 is 0 Å². The van der Waals surface area contributed by atoms with Crippen molar-refractivity contribution in [3.05, 3.63) is 56.3 Å². The topological polar surface area (TPSA) is 55.5 Å². The number of nitro benzene ring substituents is 1. The highest BCUT2D eigenvalue weighted by Crippen LogP contribution is 2.24. The lowest BCUT2D eigenvalue weighted by Gasteiger charge is -1.99. The average Bonchev–Trinajstić information content (AvgIpc) is 2.80. The lowest BCUT2D eigenvalue weighted by atomic mass is 10.2. The van der Waals surface area contributed by atoms with Crippen molar-refractivity contribution in [3.63, 3.8) is 0 Å². The van der Waals surface area contributed by atoms with E-state index in [1.807, 2.05) is 24.4 Å². The van der Waals surface area contributed by atoms with Crippen LogP contribution < -0.4 is 0 Å². The number of nitrogens with zero attached hydrogens (tertiary/aromatic N) is 2. The van der Waals surface area contributed by atoms with Gasteiger partial charge in [-0.05, 0) is 23.9 Å². The van der Waals surface area contributed by atoms with Gasteiger partial charge >= 0.3 is 0 Å². The van der Waals surface area contributed by atoms with E-state index in [1.54, 1.807) is 23.6 Å². The fraction of sp³-hybridized carbons (Fsp3) is 0.0833. The molecule has 0 aliphatic heterocycles. The van der Waals surface area contributed by atoms with Crippen LogP contribution in [0.2, 0.25) is 0 Å². The number of aliphatic imine (C=N–C) groups is 1. The Kier molecular flexibility index (Phi) is 3.30. The van der Waals surface area contributed by atoms with Crippen molar-refractivity contribution in [1.29, 1.82) is 0 Å². The van der Waals surface area contributed by atoms with Crippen LogP contribution in [0.4, 0.5) is 11.4 Å². The largest absolute Gasteiger partial charge is 0.271 e. The Labute approximate surface area is 102 Å². The number of hydrogen-bond donors (Lipinski definition) is 0. The Bertz CT molecular complexity index is 562. The molecule has 0 amide bonds. The van der Waals surface area contributed by atoms with Gasteiger partial charge in [0.2, 0.25) is 0 Å². The number of rotatable bonds is 3. The second-order valence-corrected chi connectivity index (χ2v) is 4.48. The van der Waals surface area contributed by atoms with Gasteiger partial charge in [-0.2, -0.15) is 0 Å². The summed E-state index contributed by atoms with van der Waals surface area (Å²) >= 11 is 1.58. The van der Waals surface area contributed by atoms with Crippen LogP contribution in [-0.2, 0) is 0 Å². The van der Waals surface area contributed by atoms with Crippen LogP contribution in [0.15, 0.2) is 40.7 Å². The Morgan fingerprint density at radius 3 is 2.88 bits per heavy atom. The zero-order valence-electron chi connectivity index (χ0n) is 9.16. The molecule has 4 nitrogen and oxygen atoms in total. The van der Waals surface area contributed by atoms with Crippen molar-refractivity contribution < 1.29 is 4.92 Å². The molecule has 1 aromatic carbocycles. The maximum absolute atomic E-state index is 10.7. The van der Waals surface area contributed by atoms with E-state index in [-0.39, 0.29) is 5.69 Å². The Morgan fingerprint density at radius 2 is 2.24 bits per heavy atom. The quantitative estimate of drug-likeness (QED) is 0.471. The summed E-state index contributed by atoms with van der Waals surface area (Å²) in [5.41, 5.74) is 1.62. The van der Waals surface area contributed by atoms with E-state index in [1.165, 1.54) is 12.1 Å². The standard InChI is InChI=1S/C12H10N2O2S/c1-9-4-5-10(14(15)16)7-12(9)13-8-11-3-2-6-17-11/h2-8H,1H3. The molecule has 0 N–H and O–H groups in total. The van der Waals surface area contributed by atoms with Crippen molar-refractivity contribution >= 4 is 28.9 Å². The van der Waals surface area contributed by atoms with Gasteiger partial charge in [0, 0.05) is 23.2 Å². The third kappa shape index (κ3) is 2.76. The summed E-state index contributed by atoms with van der Waals surface area (Å²) in [7, 11) is 0.